The molecule has 0 radical (unpaired) electrons. The minimum atomic E-state index is -4.57. The van der Waals surface area contributed by atoms with Gasteiger partial charge in [-0.05, 0) is 37.5 Å². The SMILES string of the molecule is N#Cc1ccc(OC2CCCCCC2N)cc1C(F)(F)F. The highest BCUT2D eigenvalue weighted by Gasteiger charge is 2.34. The highest BCUT2D eigenvalue weighted by molar-refractivity contribution is 5.44. The second-order valence-electron chi connectivity index (χ2n) is 5.28. The Balaban J connectivity index is 2.23. The van der Waals surface area contributed by atoms with Crippen molar-refractivity contribution in [2.75, 3.05) is 0 Å². The van der Waals surface area contributed by atoms with Crippen LogP contribution < -0.4 is 10.5 Å². The quantitative estimate of drug-likeness (QED) is 0.848. The van der Waals surface area contributed by atoms with E-state index in [1.807, 2.05) is 0 Å². The van der Waals surface area contributed by atoms with Gasteiger partial charge in [0.1, 0.15) is 11.9 Å². The lowest BCUT2D eigenvalue weighted by molar-refractivity contribution is -0.137. The molecule has 0 saturated heterocycles. The fourth-order valence-electron chi connectivity index (χ4n) is 2.55. The predicted molar refractivity (Wildman–Crippen MR) is 71.6 cm³/mol. The second-order valence-corrected chi connectivity index (χ2v) is 5.28. The van der Waals surface area contributed by atoms with Gasteiger partial charge in [-0.1, -0.05) is 12.8 Å². The molecule has 0 heterocycles. The third-order valence-corrected chi connectivity index (χ3v) is 3.71. The van der Waals surface area contributed by atoms with Crippen LogP contribution in [0.3, 0.4) is 0 Å². The molecule has 2 atom stereocenters. The summed E-state index contributed by atoms with van der Waals surface area (Å²) in [4.78, 5) is 0. The zero-order chi connectivity index (χ0) is 15.5. The smallest absolute Gasteiger partial charge is 0.417 e. The van der Waals surface area contributed by atoms with Gasteiger partial charge >= 0.3 is 6.18 Å². The highest BCUT2D eigenvalue weighted by atomic mass is 19.4. The summed E-state index contributed by atoms with van der Waals surface area (Å²) in [6.07, 6.45) is -0.259. The lowest BCUT2D eigenvalue weighted by Crippen LogP contribution is -2.37. The number of nitrogens with zero attached hydrogens (tertiary/aromatic N) is 1. The van der Waals surface area contributed by atoms with Gasteiger partial charge in [0, 0.05) is 6.04 Å². The number of nitriles is 1. The first kappa shape index (κ1) is 15.6. The van der Waals surface area contributed by atoms with Crippen molar-refractivity contribution >= 4 is 0 Å². The van der Waals surface area contributed by atoms with Gasteiger partial charge in [0.25, 0.3) is 0 Å². The van der Waals surface area contributed by atoms with Gasteiger partial charge in [-0.2, -0.15) is 18.4 Å². The third-order valence-electron chi connectivity index (χ3n) is 3.71. The summed E-state index contributed by atoms with van der Waals surface area (Å²) in [5.74, 6) is 0.115. The molecule has 21 heavy (non-hydrogen) atoms. The van der Waals surface area contributed by atoms with Crippen molar-refractivity contribution in [1.82, 2.24) is 0 Å². The van der Waals surface area contributed by atoms with Crippen molar-refractivity contribution in [2.24, 2.45) is 5.73 Å². The highest BCUT2D eigenvalue weighted by Crippen LogP contribution is 2.34. The molecule has 0 aromatic heterocycles. The fraction of sp³-hybridized carbons (Fsp3) is 0.533. The number of ether oxygens (including phenoxy) is 1. The number of benzene rings is 1. The Bertz CT molecular complexity index is 537. The van der Waals surface area contributed by atoms with Crippen molar-refractivity contribution in [2.45, 2.75) is 50.4 Å². The molecule has 2 unspecified atom stereocenters. The van der Waals surface area contributed by atoms with Crippen molar-refractivity contribution in [1.29, 1.82) is 5.26 Å². The molecule has 0 spiro atoms. The molecule has 1 aromatic rings. The molecule has 1 aliphatic rings. The van der Waals surface area contributed by atoms with Crippen LogP contribution in [0.25, 0.3) is 0 Å². The monoisotopic (exact) mass is 298 g/mol. The summed E-state index contributed by atoms with van der Waals surface area (Å²) in [6, 6.07) is 4.80. The van der Waals surface area contributed by atoms with Crippen LogP contribution in [0.4, 0.5) is 13.2 Å². The van der Waals surface area contributed by atoms with Crippen molar-refractivity contribution in [3.05, 3.63) is 29.3 Å². The minimum Gasteiger partial charge on any atom is -0.489 e. The van der Waals surface area contributed by atoms with Gasteiger partial charge in [0.15, 0.2) is 0 Å². The van der Waals surface area contributed by atoms with Crippen molar-refractivity contribution in [3.8, 4) is 11.8 Å². The van der Waals surface area contributed by atoms with Crippen LogP contribution in [0.5, 0.6) is 5.75 Å². The van der Waals surface area contributed by atoms with E-state index in [1.54, 1.807) is 6.07 Å². The Labute approximate surface area is 121 Å². The molecule has 3 nitrogen and oxygen atoms in total. The van der Waals surface area contributed by atoms with E-state index in [2.05, 4.69) is 0 Å². The van der Waals surface area contributed by atoms with Gasteiger partial charge in [-0.15, -0.1) is 0 Å². The van der Waals surface area contributed by atoms with E-state index >= 15 is 0 Å². The normalized spacial score (nSPS) is 23.2. The Morgan fingerprint density at radius 2 is 1.90 bits per heavy atom. The van der Waals surface area contributed by atoms with Gasteiger partial charge in [0.2, 0.25) is 0 Å². The average molecular weight is 298 g/mol. The van der Waals surface area contributed by atoms with Crippen LogP contribution in [0.15, 0.2) is 18.2 Å². The van der Waals surface area contributed by atoms with Gasteiger partial charge in [-0.25, -0.2) is 0 Å². The minimum absolute atomic E-state index is 0.115. The molecular weight excluding hydrogens is 281 g/mol. The standard InChI is InChI=1S/C15H17F3N2O/c16-15(17,18)12-8-11(7-6-10(12)9-19)21-14-5-3-1-2-4-13(14)20/h6-8,13-14H,1-5,20H2. The molecule has 1 fully saturated rings. The maximum Gasteiger partial charge on any atom is 0.417 e. The molecule has 0 bridgehead atoms. The van der Waals surface area contributed by atoms with E-state index in [0.717, 1.165) is 44.2 Å². The largest absolute Gasteiger partial charge is 0.489 e. The van der Waals surface area contributed by atoms with Gasteiger partial charge in [0.05, 0.1) is 17.2 Å². The zero-order valence-electron chi connectivity index (χ0n) is 11.5. The molecule has 0 amide bonds. The Kier molecular flexibility index (Phi) is 4.73. The van der Waals surface area contributed by atoms with Gasteiger partial charge in [-0.3, -0.25) is 0 Å². The summed E-state index contributed by atoms with van der Waals surface area (Å²) in [7, 11) is 0. The maximum absolute atomic E-state index is 12.9. The van der Waals surface area contributed by atoms with Crippen LogP contribution in [0, 0.1) is 11.3 Å². The van der Waals surface area contributed by atoms with Crippen molar-refractivity contribution < 1.29 is 17.9 Å². The fourth-order valence-corrected chi connectivity index (χ4v) is 2.55. The number of halogens is 3. The number of rotatable bonds is 2. The zero-order valence-corrected chi connectivity index (χ0v) is 11.5. The molecule has 1 aliphatic carbocycles. The van der Waals surface area contributed by atoms with Crippen LogP contribution in [-0.2, 0) is 6.18 Å². The first-order chi connectivity index (χ1) is 9.91. The maximum atomic E-state index is 12.9. The molecule has 2 N–H and O–H groups in total. The number of hydrogen-bond acceptors (Lipinski definition) is 3. The molecule has 0 aliphatic heterocycles. The number of nitrogens with two attached hydrogens (primary N) is 1. The number of hydrogen-bond donors (Lipinski definition) is 1. The third kappa shape index (κ3) is 3.88. The summed E-state index contributed by atoms with van der Waals surface area (Å²) in [5.41, 5.74) is 4.64. The van der Waals surface area contributed by atoms with E-state index in [9.17, 15) is 13.2 Å². The van der Waals surface area contributed by atoms with E-state index < -0.39 is 17.3 Å². The van der Waals surface area contributed by atoms with E-state index in [1.165, 1.54) is 6.07 Å². The van der Waals surface area contributed by atoms with E-state index in [4.69, 9.17) is 15.7 Å². The second kappa shape index (κ2) is 6.35. The van der Waals surface area contributed by atoms with Crippen LogP contribution in [-0.4, -0.2) is 12.1 Å². The van der Waals surface area contributed by atoms with E-state index in [-0.39, 0.29) is 17.9 Å². The summed E-state index contributed by atoms with van der Waals surface area (Å²) < 4.78 is 44.4. The molecule has 1 aromatic carbocycles. The molecule has 2 rings (SSSR count). The van der Waals surface area contributed by atoms with E-state index in [0.29, 0.717) is 0 Å². The molecule has 114 valence electrons. The first-order valence-electron chi connectivity index (χ1n) is 6.95. The Hall–Kier alpha value is -1.74. The van der Waals surface area contributed by atoms with Crippen LogP contribution in [0.1, 0.15) is 43.2 Å². The summed E-state index contributed by atoms with van der Waals surface area (Å²) in [5, 5.41) is 8.76. The molecular formula is C15H17F3N2O. The lowest BCUT2D eigenvalue weighted by Gasteiger charge is -2.23. The molecule has 1 saturated carbocycles. The van der Waals surface area contributed by atoms with Crippen LogP contribution in [0.2, 0.25) is 0 Å². The Morgan fingerprint density at radius 3 is 2.57 bits per heavy atom. The molecule has 6 heteroatoms. The predicted octanol–water partition coefficient (Wildman–Crippen LogP) is 3.62. The number of alkyl halides is 3. The first-order valence-corrected chi connectivity index (χ1v) is 6.95. The van der Waals surface area contributed by atoms with Crippen molar-refractivity contribution in [3.63, 3.8) is 0 Å². The van der Waals surface area contributed by atoms with Gasteiger partial charge < -0.3 is 10.5 Å². The van der Waals surface area contributed by atoms with Crippen LogP contribution >= 0.6 is 0 Å². The Morgan fingerprint density at radius 1 is 1.19 bits per heavy atom. The average Bonchev–Trinajstić information content (AvgIpc) is 2.63. The summed E-state index contributed by atoms with van der Waals surface area (Å²) >= 11 is 0. The summed E-state index contributed by atoms with van der Waals surface area (Å²) in [6.45, 7) is 0. The lowest BCUT2D eigenvalue weighted by atomic mass is 10.1. The topological polar surface area (TPSA) is 59.0 Å².